The lowest BCUT2D eigenvalue weighted by atomic mass is 10.0. The van der Waals surface area contributed by atoms with E-state index in [0.29, 0.717) is 12.3 Å². The van der Waals surface area contributed by atoms with Gasteiger partial charge >= 0.3 is 5.97 Å². The van der Waals surface area contributed by atoms with Gasteiger partial charge in [0.1, 0.15) is 6.04 Å². The van der Waals surface area contributed by atoms with E-state index in [1.165, 1.54) is 0 Å². The van der Waals surface area contributed by atoms with Crippen LogP contribution in [0, 0.1) is 5.92 Å². The first-order valence-electron chi connectivity index (χ1n) is 4.02. The maximum atomic E-state index is 10.2. The maximum Gasteiger partial charge on any atom is 0.320 e. The zero-order valence-electron chi connectivity index (χ0n) is 8.32. The van der Waals surface area contributed by atoms with Crippen molar-refractivity contribution in [1.82, 2.24) is 6.15 Å². The van der Waals surface area contributed by atoms with E-state index < -0.39 is 12.0 Å². The van der Waals surface area contributed by atoms with E-state index >= 15 is 0 Å². The standard InChI is InChI=1S/C8H17NO2.ClH.H3N/c1-6(2)4-3-5-7(9)8(10)11;;/h6-7H,3-5,9H2,1-2H3,(H,10,11);1H;1H3/t7-;;/m0../s1. The number of hydrogen-bond donors (Lipinski definition) is 3. The summed E-state index contributed by atoms with van der Waals surface area (Å²) in [6.07, 6.45) is 2.56. The van der Waals surface area contributed by atoms with E-state index in [9.17, 15) is 4.79 Å². The van der Waals surface area contributed by atoms with E-state index in [1.54, 1.807) is 0 Å². The van der Waals surface area contributed by atoms with Crippen molar-refractivity contribution < 1.29 is 9.90 Å². The molecule has 82 valence electrons. The predicted molar refractivity (Wildman–Crippen MR) is 56.6 cm³/mol. The molecule has 0 aromatic heterocycles. The molecule has 13 heavy (non-hydrogen) atoms. The van der Waals surface area contributed by atoms with Crippen molar-refractivity contribution in [3.05, 3.63) is 0 Å². The summed E-state index contributed by atoms with van der Waals surface area (Å²) in [6, 6.07) is -0.672. The van der Waals surface area contributed by atoms with Crippen molar-refractivity contribution in [2.24, 2.45) is 11.7 Å². The normalized spacial score (nSPS) is 11.4. The molecule has 0 aliphatic rings. The molecular weight excluding hydrogens is 192 g/mol. The molecule has 0 fully saturated rings. The van der Waals surface area contributed by atoms with Crippen molar-refractivity contribution in [1.29, 1.82) is 0 Å². The lowest BCUT2D eigenvalue weighted by molar-refractivity contribution is -0.138. The average molecular weight is 213 g/mol. The summed E-state index contributed by atoms with van der Waals surface area (Å²) in [6.45, 7) is 4.23. The number of rotatable bonds is 5. The molecule has 1 atom stereocenters. The molecule has 0 rings (SSSR count). The summed E-state index contributed by atoms with van der Waals surface area (Å²) in [7, 11) is 0. The quantitative estimate of drug-likeness (QED) is 0.647. The largest absolute Gasteiger partial charge is 0.480 e. The number of halogens is 1. The molecule has 0 unspecified atom stereocenters. The molecule has 0 radical (unpaired) electrons. The lowest BCUT2D eigenvalue weighted by Crippen LogP contribution is -2.29. The first-order valence-corrected chi connectivity index (χ1v) is 4.02. The second-order valence-corrected chi connectivity index (χ2v) is 3.27. The van der Waals surface area contributed by atoms with Gasteiger partial charge in [0.15, 0.2) is 0 Å². The number of carboxylic acid groups (broad SMARTS) is 1. The van der Waals surface area contributed by atoms with Gasteiger partial charge in [-0.2, -0.15) is 0 Å². The topological polar surface area (TPSA) is 98.3 Å². The molecule has 4 nitrogen and oxygen atoms in total. The molecule has 5 heteroatoms. The van der Waals surface area contributed by atoms with E-state index in [4.69, 9.17) is 10.8 Å². The van der Waals surface area contributed by atoms with Crippen LogP contribution in [0.5, 0.6) is 0 Å². The maximum absolute atomic E-state index is 10.2. The fourth-order valence-electron chi connectivity index (χ4n) is 0.869. The van der Waals surface area contributed by atoms with Crippen molar-refractivity contribution in [3.8, 4) is 0 Å². The van der Waals surface area contributed by atoms with E-state index in [0.717, 1.165) is 12.8 Å². The van der Waals surface area contributed by atoms with Crippen LogP contribution in [-0.4, -0.2) is 17.1 Å². The third-order valence-electron chi connectivity index (χ3n) is 1.61. The van der Waals surface area contributed by atoms with Crippen LogP contribution >= 0.6 is 12.4 Å². The number of carbonyl (C=O) groups is 1. The van der Waals surface area contributed by atoms with Crippen molar-refractivity contribution in [3.63, 3.8) is 0 Å². The molecule has 0 aliphatic carbocycles. The Hall–Kier alpha value is -0.320. The number of carboxylic acids is 1. The smallest absolute Gasteiger partial charge is 0.320 e. The van der Waals surface area contributed by atoms with Crippen molar-refractivity contribution in [2.45, 2.75) is 39.2 Å². The van der Waals surface area contributed by atoms with Gasteiger partial charge in [-0.25, -0.2) is 0 Å². The minimum atomic E-state index is -0.895. The van der Waals surface area contributed by atoms with Gasteiger partial charge in [0.05, 0.1) is 0 Å². The molecule has 0 heterocycles. The highest BCUT2D eigenvalue weighted by Gasteiger charge is 2.10. The van der Waals surface area contributed by atoms with E-state index in [2.05, 4.69) is 13.8 Å². The van der Waals surface area contributed by atoms with E-state index in [-0.39, 0.29) is 18.6 Å². The Bertz CT molecular complexity index is 131. The molecule has 0 saturated carbocycles. The highest BCUT2D eigenvalue weighted by Crippen LogP contribution is 2.07. The molecule has 0 aromatic rings. The third-order valence-corrected chi connectivity index (χ3v) is 1.61. The average Bonchev–Trinajstić information content (AvgIpc) is 1.86. The predicted octanol–water partition coefficient (Wildman–Crippen LogP) is 1.81. The van der Waals surface area contributed by atoms with Crippen LogP contribution in [0.3, 0.4) is 0 Å². The Morgan fingerprint density at radius 2 is 1.85 bits per heavy atom. The van der Waals surface area contributed by atoms with Crippen molar-refractivity contribution in [2.75, 3.05) is 0 Å². The van der Waals surface area contributed by atoms with Crippen LogP contribution in [0.2, 0.25) is 0 Å². The molecule has 0 amide bonds. The second-order valence-electron chi connectivity index (χ2n) is 3.27. The SMILES string of the molecule is CC(C)CCC[C@H](N)C(=O)O.Cl.N. The summed E-state index contributed by atoms with van der Waals surface area (Å²) in [5, 5.41) is 8.42. The van der Waals surface area contributed by atoms with Gasteiger partial charge in [0.2, 0.25) is 0 Å². The van der Waals surface area contributed by atoms with Gasteiger partial charge in [0, 0.05) is 0 Å². The number of hydrogen-bond acceptors (Lipinski definition) is 3. The minimum absolute atomic E-state index is 0. The Labute approximate surface area is 85.9 Å². The van der Waals surface area contributed by atoms with Crippen LogP contribution in [0.15, 0.2) is 0 Å². The Morgan fingerprint density at radius 1 is 1.38 bits per heavy atom. The molecule has 6 N–H and O–H groups in total. The number of aliphatic carboxylic acids is 1. The third kappa shape index (κ3) is 11.7. The Kier molecular flexibility index (Phi) is 13.9. The highest BCUT2D eigenvalue weighted by atomic mass is 35.5. The molecule has 0 spiro atoms. The summed E-state index contributed by atoms with van der Waals surface area (Å²) in [5.41, 5.74) is 5.30. The fraction of sp³-hybridized carbons (Fsp3) is 0.875. The van der Waals surface area contributed by atoms with Gasteiger partial charge < -0.3 is 17.0 Å². The zero-order chi connectivity index (χ0) is 8.85. The van der Waals surface area contributed by atoms with Crippen LogP contribution in [0.1, 0.15) is 33.1 Å². The second kappa shape index (κ2) is 9.77. The summed E-state index contributed by atoms with van der Waals surface area (Å²) < 4.78 is 0. The highest BCUT2D eigenvalue weighted by molar-refractivity contribution is 5.85. The van der Waals surface area contributed by atoms with E-state index in [1.807, 2.05) is 0 Å². The van der Waals surface area contributed by atoms with Crippen LogP contribution in [-0.2, 0) is 4.79 Å². The summed E-state index contributed by atoms with van der Waals surface area (Å²) in [5.74, 6) is -0.259. The zero-order valence-corrected chi connectivity index (χ0v) is 9.14. The Balaban J connectivity index is -0.000000500. The monoisotopic (exact) mass is 212 g/mol. The van der Waals surface area contributed by atoms with Gasteiger partial charge in [-0.1, -0.05) is 26.7 Å². The number of nitrogens with two attached hydrogens (primary N) is 1. The van der Waals surface area contributed by atoms with Crippen molar-refractivity contribution >= 4 is 18.4 Å². The Morgan fingerprint density at radius 3 is 2.15 bits per heavy atom. The molecule has 0 aromatic carbocycles. The van der Waals surface area contributed by atoms with Crippen LogP contribution in [0.4, 0.5) is 0 Å². The fourth-order valence-corrected chi connectivity index (χ4v) is 0.869. The molecule has 0 aliphatic heterocycles. The molecule has 0 saturated heterocycles. The molecular formula is C8H21ClN2O2. The first kappa shape index (κ1) is 18.5. The first-order chi connectivity index (χ1) is 5.04. The van der Waals surface area contributed by atoms with Gasteiger partial charge in [-0.15, -0.1) is 12.4 Å². The van der Waals surface area contributed by atoms with Gasteiger partial charge in [0.25, 0.3) is 0 Å². The minimum Gasteiger partial charge on any atom is -0.480 e. The molecule has 0 bridgehead atoms. The van der Waals surface area contributed by atoms with Crippen LogP contribution in [0.25, 0.3) is 0 Å². The summed E-state index contributed by atoms with van der Waals surface area (Å²) >= 11 is 0. The lowest BCUT2D eigenvalue weighted by Gasteiger charge is -2.06. The van der Waals surface area contributed by atoms with Gasteiger partial charge in [-0.05, 0) is 12.3 Å². The van der Waals surface area contributed by atoms with Crippen LogP contribution < -0.4 is 11.9 Å². The van der Waals surface area contributed by atoms with Gasteiger partial charge in [-0.3, -0.25) is 4.79 Å². The summed E-state index contributed by atoms with van der Waals surface area (Å²) in [4.78, 5) is 10.2.